The maximum atomic E-state index is 13.0. The van der Waals surface area contributed by atoms with Gasteiger partial charge in [-0.15, -0.1) is 11.3 Å². The minimum absolute atomic E-state index is 0.231. The molecule has 138 valence electrons. The molecule has 0 spiro atoms. The summed E-state index contributed by atoms with van der Waals surface area (Å²) >= 11 is 1.29. The molecule has 0 radical (unpaired) electrons. The number of ketones is 1. The number of nitrogens with zero attached hydrogens (tertiary/aromatic N) is 2. The summed E-state index contributed by atoms with van der Waals surface area (Å²) in [5, 5.41) is 6.08. The highest BCUT2D eigenvalue weighted by molar-refractivity contribution is 7.12. The van der Waals surface area contributed by atoms with Crippen LogP contribution in [0.15, 0.2) is 78.4 Å². The number of hydrogen-bond acceptors (Lipinski definition) is 5. The predicted molar refractivity (Wildman–Crippen MR) is 107 cm³/mol. The van der Waals surface area contributed by atoms with E-state index in [1.165, 1.54) is 17.5 Å². The lowest BCUT2D eigenvalue weighted by Gasteiger charge is -2.07. The summed E-state index contributed by atoms with van der Waals surface area (Å²) in [6, 6.07) is 18.0. The zero-order chi connectivity index (χ0) is 19.5. The van der Waals surface area contributed by atoms with Gasteiger partial charge >= 0.3 is 5.97 Å². The van der Waals surface area contributed by atoms with Crippen molar-refractivity contribution in [3.63, 3.8) is 0 Å². The number of carbonyl (C=O) groups is 2. The van der Waals surface area contributed by atoms with E-state index in [9.17, 15) is 9.59 Å². The quantitative estimate of drug-likeness (QED) is 0.283. The van der Waals surface area contributed by atoms with E-state index < -0.39 is 5.97 Å². The van der Waals surface area contributed by atoms with Crippen LogP contribution in [0.4, 0.5) is 0 Å². The maximum Gasteiger partial charge on any atom is 0.353 e. The number of rotatable bonds is 5. The minimum Gasteiger partial charge on any atom is -0.422 e. The van der Waals surface area contributed by atoms with Gasteiger partial charge in [0.1, 0.15) is 10.6 Å². The van der Waals surface area contributed by atoms with Gasteiger partial charge in [0.15, 0.2) is 5.78 Å². The number of esters is 1. The fraction of sp³-hybridized carbons (Fsp3) is 0.0455. The van der Waals surface area contributed by atoms with Crippen molar-refractivity contribution in [2.45, 2.75) is 6.92 Å². The van der Waals surface area contributed by atoms with Crippen molar-refractivity contribution in [1.29, 1.82) is 0 Å². The van der Waals surface area contributed by atoms with Gasteiger partial charge in [-0.3, -0.25) is 4.79 Å². The minimum atomic E-state index is -0.481. The first-order chi connectivity index (χ1) is 13.6. The SMILES string of the molecule is Cc1ccc(-n2cc(C(=O)c3ccccc3OC(=O)c3cccs3)cn2)cc1. The number of hydrogen-bond donors (Lipinski definition) is 0. The van der Waals surface area contributed by atoms with Gasteiger partial charge in [-0.2, -0.15) is 5.10 Å². The number of benzene rings is 2. The van der Waals surface area contributed by atoms with E-state index in [-0.39, 0.29) is 11.5 Å². The zero-order valence-electron chi connectivity index (χ0n) is 15.0. The van der Waals surface area contributed by atoms with Gasteiger partial charge in [0, 0.05) is 6.20 Å². The lowest BCUT2D eigenvalue weighted by atomic mass is 10.1. The number of aromatic nitrogens is 2. The second kappa shape index (κ2) is 7.62. The monoisotopic (exact) mass is 388 g/mol. The van der Waals surface area contributed by atoms with Crippen molar-refractivity contribution < 1.29 is 14.3 Å². The topological polar surface area (TPSA) is 61.2 Å². The molecule has 2 aromatic carbocycles. The van der Waals surface area contributed by atoms with E-state index in [0.29, 0.717) is 16.0 Å². The standard InChI is InChI=1S/C22H16N2O3S/c1-15-8-10-17(11-9-15)24-14-16(13-23-24)21(25)18-5-2-3-6-19(18)27-22(26)20-7-4-12-28-20/h2-14H,1H3. The van der Waals surface area contributed by atoms with Crippen LogP contribution < -0.4 is 4.74 Å². The van der Waals surface area contributed by atoms with Crippen LogP contribution in [-0.4, -0.2) is 21.5 Å². The molecule has 28 heavy (non-hydrogen) atoms. The lowest BCUT2D eigenvalue weighted by Crippen LogP contribution is -2.10. The molecule has 0 bridgehead atoms. The molecule has 0 unspecified atom stereocenters. The number of aryl methyl sites for hydroxylation is 1. The first-order valence-electron chi connectivity index (χ1n) is 8.63. The Morgan fingerprint density at radius 3 is 2.54 bits per heavy atom. The Bertz CT molecular complexity index is 1130. The van der Waals surface area contributed by atoms with E-state index in [1.54, 1.807) is 52.7 Å². The summed E-state index contributed by atoms with van der Waals surface area (Å²) < 4.78 is 7.11. The van der Waals surface area contributed by atoms with Crippen molar-refractivity contribution in [3.05, 3.63) is 100 Å². The smallest absolute Gasteiger partial charge is 0.353 e. The van der Waals surface area contributed by atoms with Crippen LogP contribution >= 0.6 is 11.3 Å². The van der Waals surface area contributed by atoms with E-state index in [4.69, 9.17) is 4.74 Å². The largest absolute Gasteiger partial charge is 0.422 e. The predicted octanol–water partition coefficient (Wildman–Crippen LogP) is 4.69. The molecule has 2 heterocycles. The van der Waals surface area contributed by atoms with E-state index in [0.717, 1.165) is 11.3 Å². The molecule has 0 aliphatic carbocycles. The highest BCUT2D eigenvalue weighted by atomic mass is 32.1. The molecule has 0 atom stereocenters. The third kappa shape index (κ3) is 3.63. The van der Waals surface area contributed by atoms with Crippen LogP contribution in [0.25, 0.3) is 5.69 Å². The molecular formula is C22H16N2O3S. The number of ether oxygens (including phenoxy) is 1. The summed E-state index contributed by atoms with van der Waals surface area (Å²) in [5.74, 6) is -0.507. The molecule has 0 fully saturated rings. The third-order valence-electron chi connectivity index (χ3n) is 4.20. The summed E-state index contributed by atoms with van der Waals surface area (Å²) in [4.78, 5) is 25.7. The molecule has 0 N–H and O–H groups in total. The van der Waals surface area contributed by atoms with Crippen LogP contribution in [0, 0.1) is 6.92 Å². The van der Waals surface area contributed by atoms with Gasteiger partial charge in [0.2, 0.25) is 0 Å². The van der Waals surface area contributed by atoms with Crippen LogP contribution in [-0.2, 0) is 0 Å². The second-order valence-electron chi connectivity index (χ2n) is 6.20. The van der Waals surface area contributed by atoms with Crippen LogP contribution in [0.3, 0.4) is 0 Å². The molecule has 2 aromatic heterocycles. The van der Waals surface area contributed by atoms with Crippen molar-refractivity contribution in [2.24, 2.45) is 0 Å². The number of thiophene rings is 1. The molecular weight excluding hydrogens is 372 g/mol. The summed E-state index contributed by atoms with van der Waals surface area (Å²) in [6.45, 7) is 2.01. The van der Waals surface area contributed by atoms with Gasteiger partial charge < -0.3 is 4.74 Å². The summed E-state index contributed by atoms with van der Waals surface area (Å²) in [7, 11) is 0. The fourth-order valence-corrected chi connectivity index (χ4v) is 3.32. The van der Waals surface area contributed by atoms with Crippen molar-refractivity contribution in [1.82, 2.24) is 9.78 Å². The fourth-order valence-electron chi connectivity index (χ4n) is 2.72. The Balaban J connectivity index is 1.60. The Morgan fingerprint density at radius 2 is 1.79 bits per heavy atom. The normalized spacial score (nSPS) is 10.6. The van der Waals surface area contributed by atoms with Crippen molar-refractivity contribution >= 4 is 23.1 Å². The Kier molecular flexibility index (Phi) is 4.87. The van der Waals surface area contributed by atoms with Gasteiger partial charge in [0.25, 0.3) is 0 Å². The van der Waals surface area contributed by atoms with Crippen LogP contribution in [0.5, 0.6) is 5.75 Å². The molecule has 4 rings (SSSR count). The molecule has 0 aliphatic heterocycles. The van der Waals surface area contributed by atoms with E-state index in [2.05, 4.69) is 5.10 Å². The van der Waals surface area contributed by atoms with Crippen LogP contribution in [0.1, 0.15) is 31.2 Å². The molecule has 0 amide bonds. The van der Waals surface area contributed by atoms with E-state index in [1.807, 2.05) is 31.2 Å². The Morgan fingerprint density at radius 1 is 1.00 bits per heavy atom. The molecule has 6 heteroatoms. The van der Waals surface area contributed by atoms with E-state index >= 15 is 0 Å². The first kappa shape index (κ1) is 17.9. The Hall–Kier alpha value is -3.51. The molecule has 0 saturated carbocycles. The Labute approximate surface area is 165 Å². The van der Waals surface area contributed by atoms with Crippen molar-refractivity contribution in [3.8, 4) is 11.4 Å². The van der Waals surface area contributed by atoms with Gasteiger partial charge in [0.05, 0.1) is 23.0 Å². The molecule has 0 saturated heterocycles. The lowest BCUT2D eigenvalue weighted by molar-refractivity contribution is 0.0738. The summed E-state index contributed by atoms with van der Waals surface area (Å²) in [6.07, 6.45) is 3.19. The molecule has 4 aromatic rings. The van der Waals surface area contributed by atoms with Gasteiger partial charge in [-0.1, -0.05) is 35.9 Å². The zero-order valence-corrected chi connectivity index (χ0v) is 15.8. The van der Waals surface area contributed by atoms with Gasteiger partial charge in [-0.25, -0.2) is 9.48 Å². The molecule has 5 nitrogen and oxygen atoms in total. The number of para-hydroxylation sites is 1. The summed E-state index contributed by atoms with van der Waals surface area (Å²) in [5.41, 5.74) is 2.74. The highest BCUT2D eigenvalue weighted by Gasteiger charge is 2.19. The van der Waals surface area contributed by atoms with Gasteiger partial charge in [-0.05, 0) is 42.6 Å². The second-order valence-corrected chi connectivity index (χ2v) is 7.15. The number of carbonyl (C=O) groups excluding carboxylic acids is 2. The third-order valence-corrected chi connectivity index (χ3v) is 5.05. The average molecular weight is 388 g/mol. The highest BCUT2D eigenvalue weighted by Crippen LogP contribution is 2.24. The molecule has 0 aliphatic rings. The van der Waals surface area contributed by atoms with Crippen molar-refractivity contribution in [2.75, 3.05) is 0 Å². The van der Waals surface area contributed by atoms with Crippen LogP contribution in [0.2, 0.25) is 0 Å². The first-order valence-corrected chi connectivity index (χ1v) is 9.51. The maximum absolute atomic E-state index is 13.0. The average Bonchev–Trinajstić information content (AvgIpc) is 3.41.